The average molecular weight is 240 g/mol. The van der Waals surface area contributed by atoms with Gasteiger partial charge in [-0.05, 0) is 25.2 Å². The van der Waals surface area contributed by atoms with E-state index in [1.54, 1.807) is 0 Å². The van der Waals surface area contributed by atoms with Gasteiger partial charge in [-0.1, -0.05) is 25.2 Å². The van der Waals surface area contributed by atoms with Crippen LogP contribution in [0.2, 0.25) is 0 Å². The molecule has 0 aromatic carbocycles. The third kappa shape index (κ3) is 2.74. The zero-order valence-corrected chi connectivity index (χ0v) is 11.1. The van der Waals surface area contributed by atoms with Gasteiger partial charge < -0.3 is 4.98 Å². The standard InChI is InChI=1S/C12H20N2OS/c1-8-4-9(2)6-14(5-8)7-11-10(3)13-12(15)16-11/h8-9H,4-7H2,1-3H3,(H,13,15). The van der Waals surface area contributed by atoms with Gasteiger partial charge in [0, 0.05) is 30.2 Å². The molecule has 0 spiro atoms. The van der Waals surface area contributed by atoms with Gasteiger partial charge in [0.1, 0.15) is 0 Å². The first kappa shape index (κ1) is 11.9. The number of piperidine rings is 1. The summed E-state index contributed by atoms with van der Waals surface area (Å²) in [5, 5.41) is 0. The summed E-state index contributed by atoms with van der Waals surface area (Å²) in [5.74, 6) is 1.56. The zero-order chi connectivity index (χ0) is 11.7. The van der Waals surface area contributed by atoms with Crippen molar-refractivity contribution in [1.29, 1.82) is 0 Å². The largest absolute Gasteiger partial charge is 0.317 e. The predicted molar refractivity (Wildman–Crippen MR) is 67.9 cm³/mol. The van der Waals surface area contributed by atoms with Crippen LogP contribution in [0.4, 0.5) is 0 Å². The Balaban J connectivity index is 2.04. The normalized spacial score (nSPS) is 27.2. The zero-order valence-electron chi connectivity index (χ0n) is 10.2. The molecular weight excluding hydrogens is 220 g/mol. The molecule has 1 fully saturated rings. The summed E-state index contributed by atoms with van der Waals surface area (Å²) < 4.78 is 0. The van der Waals surface area contributed by atoms with Gasteiger partial charge in [-0.15, -0.1) is 0 Å². The van der Waals surface area contributed by atoms with Gasteiger partial charge in [-0.3, -0.25) is 9.69 Å². The highest BCUT2D eigenvalue weighted by molar-refractivity contribution is 7.09. The fraction of sp³-hybridized carbons (Fsp3) is 0.750. The molecular formula is C12H20N2OS. The number of H-pyrrole nitrogens is 1. The van der Waals surface area contributed by atoms with E-state index in [-0.39, 0.29) is 4.87 Å². The van der Waals surface area contributed by atoms with Crippen LogP contribution in [0, 0.1) is 18.8 Å². The van der Waals surface area contributed by atoms with Crippen molar-refractivity contribution in [3.05, 3.63) is 20.2 Å². The van der Waals surface area contributed by atoms with E-state index in [0.717, 1.165) is 37.2 Å². The van der Waals surface area contributed by atoms with Gasteiger partial charge in [-0.25, -0.2) is 0 Å². The van der Waals surface area contributed by atoms with Gasteiger partial charge >= 0.3 is 4.87 Å². The molecule has 2 unspecified atom stereocenters. The maximum atomic E-state index is 11.2. The molecule has 2 atom stereocenters. The van der Waals surface area contributed by atoms with Crippen molar-refractivity contribution < 1.29 is 0 Å². The lowest BCUT2D eigenvalue weighted by molar-refractivity contribution is 0.135. The van der Waals surface area contributed by atoms with Crippen molar-refractivity contribution in [2.24, 2.45) is 11.8 Å². The molecule has 90 valence electrons. The van der Waals surface area contributed by atoms with Crippen molar-refractivity contribution in [3.8, 4) is 0 Å². The van der Waals surface area contributed by atoms with Crippen molar-refractivity contribution in [3.63, 3.8) is 0 Å². The number of nitrogens with one attached hydrogen (secondary N) is 1. The second-order valence-corrected chi connectivity index (χ2v) is 6.27. The van der Waals surface area contributed by atoms with Crippen LogP contribution in [0.3, 0.4) is 0 Å². The molecule has 0 aliphatic carbocycles. The molecule has 2 rings (SSSR count). The van der Waals surface area contributed by atoms with E-state index < -0.39 is 0 Å². The number of aromatic amines is 1. The highest BCUT2D eigenvalue weighted by atomic mass is 32.1. The number of aromatic nitrogens is 1. The molecule has 16 heavy (non-hydrogen) atoms. The fourth-order valence-electron chi connectivity index (χ4n) is 2.71. The molecule has 1 aromatic heterocycles. The summed E-state index contributed by atoms with van der Waals surface area (Å²) in [6.07, 6.45) is 1.33. The predicted octanol–water partition coefficient (Wildman–Crippen LogP) is 2.22. The van der Waals surface area contributed by atoms with Crippen LogP contribution >= 0.6 is 11.3 Å². The quantitative estimate of drug-likeness (QED) is 0.860. The monoisotopic (exact) mass is 240 g/mol. The van der Waals surface area contributed by atoms with E-state index in [2.05, 4.69) is 23.7 Å². The van der Waals surface area contributed by atoms with E-state index in [0.29, 0.717) is 0 Å². The van der Waals surface area contributed by atoms with Crippen molar-refractivity contribution in [1.82, 2.24) is 9.88 Å². The third-order valence-electron chi connectivity index (χ3n) is 3.24. The van der Waals surface area contributed by atoms with Crippen molar-refractivity contribution in [2.75, 3.05) is 13.1 Å². The topological polar surface area (TPSA) is 36.1 Å². The first-order chi connectivity index (χ1) is 7.54. The Kier molecular flexibility index (Phi) is 3.50. The second-order valence-electron chi connectivity index (χ2n) is 5.20. The molecule has 1 aliphatic rings. The molecule has 1 aromatic rings. The minimum Gasteiger partial charge on any atom is -0.317 e. The molecule has 1 aliphatic heterocycles. The minimum absolute atomic E-state index is 0.0746. The van der Waals surface area contributed by atoms with Crippen LogP contribution in [-0.4, -0.2) is 23.0 Å². The first-order valence-corrected chi connectivity index (χ1v) is 6.77. The second kappa shape index (κ2) is 4.72. The van der Waals surface area contributed by atoms with Crippen molar-refractivity contribution >= 4 is 11.3 Å². The van der Waals surface area contributed by atoms with Gasteiger partial charge in [0.25, 0.3) is 0 Å². The minimum atomic E-state index is 0.0746. The Hall–Kier alpha value is -0.610. The summed E-state index contributed by atoms with van der Waals surface area (Å²) in [6.45, 7) is 9.88. The SMILES string of the molecule is Cc1[nH]c(=O)sc1CN1CC(C)CC(C)C1. The average Bonchev–Trinajstić information content (AvgIpc) is 2.43. The lowest BCUT2D eigenvalue weighted by Gasteiger charge is -2.34. The smallest absolute Gasteiger partial charge is 0.304 e. The third-order valence-corrected chi connectivity index (χ3v) is 4.20. The Morgan fingerprint density at radius 2 is 2.00 bits per heavy atom. The molecule has 0 amide bonds. The number of hydrogen-bond donors (Lipinski definition) is 1. The maximum absolute atomic E-state index is 11.2. The van der Waals surface area contributed by atoms with E-state index in [4.69, 9.17) is 0 Å². The van der Waals surface area contributed by atoms with Crippen LogP contribution in [0.15, 0.2) is 4.79 Å². The van der Waals surface area contributed by atoms with E-state index in [9.17, 15) is 4.79 Å². The Labute approximate surface area is 100 Å². The molecule has 1 N–H and O–H groups in total. The molecule has 3 nitrogen and oxygen atoms in total. The molecule has 2 heterocycles. The lowest BCUT2D eigenvalue weighted by Crippen LogP contribution is -2.38. The Morgan fingerprint density at radius 3 is 2.50 bits per heavy atom. The molecule has 1 saturated heterocycles. The number of nitrogens with zero attached hydrogens (tertiary/aromatic N) is 1. The van der Waals surface area contributed by atoms with Gasteiger partial charge in [0.15, 0.2) is 0 Å². The Bertz CT molecular complexity index is 399. The van der Waals surface area contributed by atoms with Gasteiger partial charge in [0.05, 0.1) is 0 Å². The summed E-state index contributed by atoms with van der Waals surface area (Å²) in [6, 6.07) is 0. The van der Waals surface area contributed by atoms with E-state index in [1.165, 1.54) is 22.6 Å². The summed E-state index contributed by atoms with van der Waals surface area (Å²) in [5.41, 5.74) is 1.04. The highest BCUT2D eigenvalue weighted by Gasteiger charge is 2.22. The highest BCUT2D eigenvalue weighted by Crippen LogP contribution is 2.23. The van der Waals surface area contributed by atoms with Crippen LogP contribution < -0.4 is 4.87 Å². The molecule has 0 radical (unpaired) electrons. The number of rotatable bonds is 2. The van der Waals surface area contributed by atoms with Crippen LogP contribution in [-0.2, 0) is 6.54 Å². The number of aryl methyl sites for hydroxylation is 1. The summed E-state index contributed by atoms with van der Waals surface area (Å²) in [4.78, 5) is 17.8. The summed E-state index contributed by atoms with van der Waals surface area (Å²) >= 11 is 1.36. The fourth-order valence-corrected chi connectivity index (χ4v) is 3.59. The van der Waals surface area contributed by atoms with Gasteiger partial charge in [0.2, 0.25) is 0 Å². The number of hydrogen-bond acceptors (Lipinski definition) is 3. The number of thiazole rings is 1. The Morgan fingerprint density at radius 1 is 1.38 bits per heavy atom. The van der Waals surface area contributed by atoms with Crippen molar-refractivity contribution in [2.45, 2.75) is 33.7 Å². The van der Waals surface area contributed by atoms with Crippen LogP contribution in [0.25, 0.3) is 0 Å². The van der Waals surface area contributed by atoms with E-state index in [1.807, 2.05) is 6.92 Å². The van der Waals surface area contributed by atoms with E-state index >= 15 is 0 Å². The first-order valence-electron chi connectivity index (χ1n) is 5.95. The molecule has 4 heteroatoms. The molecule has 0 saturated carbocycles. The van der Waals surface area contributed by atoms with Crippen LogP contribution in [0.5, 0.6) is 0 Å². The van der Waals surface area contributed by atoms with Crippen LogP contribution in [0.1, 0.15) is 30.8 Å². The molecule has 0 bridgehead atoms. The maximum Gasteiger partial charge on any atom is 0.304 e. The van der Waals surface area contributed by atoms with Gasteiger partial charge in [-0.2, -0.15) is 0 Å². The lowest BCUT2D eigenvalue weighted by atomic mass is 9.92. The summed E-state index contributed by atoms with van der Waals surface area (Å²) in [7, 11) is 0. The number of likely N-dealkylation sites (tertiary alicyclic amines) is 1.